The van der Waals surface area contributed by atoms with Crippen LogP contribution in [0.2, 0.25) is 0 Å². The quantitative estimate of drug-likeness (QED) is 0.361. The fourth-order valence-corrected chi connectivity index (χ4v) is 3.43. The molecule has 3 rings (SSSR count). The third-order valence-electron chi connectivity index (χ3n) is 4.21. The van der Waals surface area contributed by atoms with Gasteiger partial charge in [0, 0.05) is 0 Å². The van der Waals surface area contributed by atoms with Crippen molar-refractivity contribution in [1.82, 2.24) is 4.90 Å². The molecule has 0 atom stereocenters. The first-order valence-corrected chi connectivity index (χ1v) is 10.0. The molecule has 0 spiro atoms. The number of benzene rings is 2. The van der Waals surface area contributed by atoms with Gasteiger partial charge in [-0.3, -0.25) is 19.3 Å². The summed E-state index contributed by atoms with van der Waals surface area (Å²) in [5.74, 6) is 0.300. The van der Waals surface area contributed by atoms with Crippen molar-refractivity contribution < 1.29 is 28.6 Å². The highest BCUT2D eigenvalue weighted by molar-refractivity contribution is 8.18. The summed E-state index contributed by atoms with van der Waals surface area (Å²) in [5.41, 5.74) is 1.91. The molecule has 0 radical (unpaired) electrons. The van der Waals surface area contributed by atoms with Gasteiger partial charge < -0.3 is 14.2 Å². The number of thioether (sulfide) groups is 1. The minimum Gasteiger partial charge on any atom is -0.490 e. The zero-order valence-corrected chi connectivity index (χ0v) is 17.4. The Kier molecular flexibility index (Phi) is 7.13. The van der Waals surface area contributed by atoms with E-state index in [1.165, 1.54) is 12.7 Å². The standard InChI is InChI=1S/C22H21NO6S/c1-15-3-7-17(8-4-15)28-11-12-29-18-9-5-16(6-10-18)13-19-21(25)23(22(26)30-19)14-20(24)27-2/h3-10,13H,11-12,14H2,1-2H3/b19-13-. The van der Waals surface area contributed by atoms with Gasteiger partial charge in [-0.15, -0.1) is 0 Å². The third kappa shape index (κ3) is 5.64. The van der Waals surface area contributed by atoms with Crippen LogP contribution < -0.4 is 9.47 Å². The molecule has 1 saturated heterocycles. The Bertz CT molecular complexity index is 953. The van der Waals surface area contributed by atoms with Crippen molar-refractivity contribution in [2.24, 2.45) is 0 Å². The van der Waals surface area contributed by atoms with E-state index in [1.54, 1.807) is 30.3 Å². The van der Waals surface area contributed by atoms with E-state index in [2.05, 4.69) is 4.74 Å². The van der Waals surface area contributed by atoms with Crippen LogP contribution in [0.25, 0.3) is 6.08 Å². The monoisotopic (exact) mass is 427 g/mol. The van der Waals surface area contributed by atoms with Gasteiger partial charge in [0.1, 0.15) is 31.3 Å². The van der Waals surface area contributed by atoms with Crippen LogP contribution in [-0.2, 0) is 14.3 Å². The first kappa shape index (κ1) is 21.4. The second-order valence-corrected chi connectivity index (χ2v) is 7.42. The Morgan fingerprint density at radius 3 is 2.10 bits per heavy atom. The maximum Gasteiger partial charge on any atom is 0.325 e. The van der Waals surface area contributed by atoms with E-state index in [9.17, 15) is 14.4 Å². The number of esters is 1. The predicted octanol–water partition coefficient (Wildman–Crippen LogP) is 3.66. The van der Waals surface area contributed by atoms with Gasteiger partial charge in [0.05, 0.1) is 12.0 Å². The highest BCUT2D eigenvalue weighted by Crippen LogP contribution is 2.32. The van der Waals surface area contributed by atoms with E-state index >= 15 is 0 Å². The smallest absolute Gasteiger partial charge is 0.325 e. The van der Waals surface area contributed by atoms with E-state index in [-0.39, 0.29) is 4.91 Å². The summed E-state index contributed by atoms with van der Waals surface area (Å²) in [7, 11) is 1.20. The topological polar surface area (TPSA) is 82.1 Å². The highest BCUT2D eigenvalue weighted by atomic mass is 32.2. The van der Waals surface area contributed by atoms with Crippen molar-refractivity contribution in [2.45, 2.75) is 6.92 Å². The van der Waals surface area contributed by atoms with Crippen LogP contribution in [0.3, 0.4) is 0 Å². The van der Waals surface area contributed by atoms with Gasteiger partial charge in [0.15, 0.2) is 0 Å². The number of rotatable bonds is 8. The van der Waals surface area contributed by atoms with Crippen LogP contribution in [0.1, 0.15) is 11.1 Å². The molecule has 0 aromatic heterocycles. The second-order valence-electron chi connectivity index (χ2n) is 6.42. The number of aryl methyl sites for hydroxylation is 1. The molecule has 2 aromatic rings. The van der Waals surface area contributed by atoms with Gasteiger partial charge in [-0.2, -0.15) is 0 Å². The number of imide groups is 1. The van der Waals surface area contributed by atoms with E-state index in [0.29, 0.717) is 19.0 Å². The molecule has 0 saturated carbocycles. The van der Waals surface area contributed by atoms with Gasteiger partial charge in [0.25, 0.3) is 11.1 Å². The molecule has 0 unspecified atom stereocenters. The summed E-state index contributed by atoms with van der Waals surface area (Å²) in [5, 5.41) is -0.495. The minimum absolute atomic E-state index is 0.254. The van der Waals surface area contributed by atoms with Crippen LogP contribution in [0, 0.1) is 6.92 Å². The first-order valence-electron chi connectivity index (χ1n) is 9.21. The predicted molar refractivity (Wildman–Crippen MR) is 113 cm³/mol. The highest BCUT2D eigenvalue weighted by Gasteiger charge is 2.36. The van der Waals surface area contributed by atoms with Crippen LogP contribution in [-0.4, -0.2) is 48.9 Å². The summed E-state index contributed by atoms with van der Waals surface area (Å²) >= 11 is 0.792. The molecule has 1 fully saturated rings. The lowest BCUT2D eigenvalue weighted by Crippen LogP contribution is -2.34. The van der Waals surface area contributed by atoms with Crippen molar-refractivity contribution in [3.8, 4) is 11.5 Å². The fourth-order valence-electron chi connectivity index (χ4n) is 2.60. The maximum absolute atomic E-state index is 12.3. The summed E-state index contributed by atoms with van der Waals surface area (Å²) < 4.78 is 15.8. The Labute approximate surface area is 178 Å². The lowest BCUT2D eigenvalue weighted by atomic mass is 10.2. The van der Waals surface area contributed by atoms with Gasteiger partial charge >= 0.3 is 5.97 Å². The molecule has 8 heteroatoms. The number of ether oxygens (including phenoxy) is 3. The van der Waals surface area contributed by atoms with Crippen molar-refractivity contribution in [3.63, 3.8) is 0 Å². The zero-order valence-electron chi connectivity index (χ0n) is 16.6. The Balaban J connectivity index is 1.51. The number of methoxy groups -OCH3 is 1. The average molecular weight is 427 g/mol. The van der Waals surface area contributed by atoms with E-state index in [4.69, 9.17) is 9.47 Å². The molecule has 0 N–H and O–H groups in total. The SMILES string of the molecule is COC(=O)CN1C(=O)S/C(=C\c2ccc(OCCOc3ccc(C)cc3)cc2)C1=O. The molecule has 1 aliphatic rings. The number of hydrogen-bond acceptors (Lipinski definition) is 7. The van der Waals surface area contributed by atoms with Crippen molar-refractivity contribution in [2.75, 3.05) is 26.9 Å². The number of amides is 2. The van der Waals surface area contributed by atoms with Gasteiger partial charge in [-0.25, -0.2) is 0 Å². The van der Waals surface area contributed by atoms with Crippen LogP contribution in [0.15, 0.2) is 53.4 Å². The van der Waals surface area contributed by atoms with Gasteiger partial charge in [-0.1, -0.05) is 29.8 Å². The van der Waals surface area contributed by atoms with Crippen LogP contribution >= 0.6 is 11.8 Å². The van der Waals surface area contributed by atoms with Gasteiger partial charge in [-0.05, 0) is 54.6 Å². The van der Waals surface area contributed by atoms with Crippen LogP contribution in [0.4, 0.5) is 4.79 Å². The Morgan fingerprint density at radius 1 is 0.967 bits per heavy atom. The van der Waals surface area contributed by atoms with E-state index < -0.39 is 23.7 Å². The molecule has 0 aliphatic carbocycles. The zero-order chi connectivity index (χ0) is 21.5. The number of carbonyl (C=O) groups excluding carboxylic acids is 3. The molecule has 1 aliphatic heterocycles. The Hall–Kier alpha value is -3.26. The molecular formula is C22H21NO6S. The number of hydrogen-bond donors (Lipinski definition) is 0. The molecule has 0 bridgehead atoms. The van der Waals surface area contributed by atoms with E-state index in [1.807, 2.05) is 31.2 Å². The molecule has 156 valence electrons. The minimum atomic E-state index is -0.647. The van der Waals surface area contributed by atoms with E-state index in [0.717, 1.165) is 28.0 Å². The molecule has 7 nitrogen and oxygen atoms in total. The maximum atomic E-state index is 12.3. The van der Waals surface area contributed by atoms with Crippen molar-refractivity contribution in [1.29, 1.82) is 0 Å². The molecule has 2 amide bonds. The molecule has 2 aromatic carbocycles. The van der Waals surface area contributed by atoms with Crippen molar-refractivity contribution >= 4 is 35.0 Å². The largest absolute Gasteiger partial charge is 0.490 e. The summed E-state index contributed by atoms with van der Waals surface area (Å²) in [4.78, 5) is 36.7. The number of carbonyl (C=O) groups is 3. The average Bonchev–Trinajstić information content (AvgIpc) is 3.00. The van der Waals surface area contributed by atoms with Crippen LogP contribution in [0.5, 0.6) is 11.5 Å². The second kappa shape index (κ2) is 9.98. The van der Waals surface area contributed by atoms with Gasteiger partial charge in [0.2, 0.25) is 0 Å². The lowest BCUT2D eigenvalue weighted by molar-refractivity contribution is -0.143. The summed E-state index contributed by atoms with van der Waals surface area (Å²) in [6.45, 7) is 2.43. The molecular weight excluding hydrogens is 406 g/mol. The summed E-state index contributed by atoms with van der Waals surface area (Å²) in [6, 6.07) is 14.9. The normalized spacial score (nSPS) is 14.9. The third-order valence-corrected chi connectivity index (χ3v) is 5.12. The molecule has 30 heavy (non-hydrogen) atoms. The fraction of sp³-hybridized carbons (Fsp3) is 0.227. The molecule has 1 heterocycles. The summed E-state index contributed by atoms with van der Waals surface area (Å²) in [6.07, 6.45) is 1.60. The number of nitrogens with zero attached hydrogens (tertiary/aromatic N) is 1. The first-order chi connectivity index (χ1) is 14.5. The van der Waals surface area contributed by atoms with Crippen molar-refractivity contribution in [3.05, 3.63) is 64.6 Å². The lowest BCUT2D eigenvalue weighted by Gasteiger charge is -2.10. The Morgan fingerprint density at radius 2 is 1.53 bits per heavy atom.